The van der Waals surface area contributed by atoms with Gasteiger partial charge in [-0.2, -0.15) is 0 Å². The second-order valence-electron chi connectivity index (χ2n) is 4.77. The number of rotatable bonds is 8. The molecule has 0 aromatic heterocycles. The van der Waals surface area contributed by atoms with E-state index in [1.807, 2.05) is 18.2 Å². The second kappa shape index (κ2) is 8.25. The molecule has 0 saturated heterocycles. The van der Waals surface area contributed by atoms with Crippen LogP contribution in [0.4, 0.5) is 5.69 Å². The molecule has 0 heterocycles. The van der Waals surface area contributed by atoms with Crippen molar-refractivity contribution in [2.45, 2.75) is 40.0 Å². The first kappa shape index (κ1) is 15.2. The van der Waals surface area contributed by atoms with Gasteiger partial charge in [0.2, 0.25) is 0 Å². The Hall–Kier alpha value is -0.890. The summed E-state index contributed by atoms with van der Waals surface area (Å²) in [5.74, 6) is 1.45. The summed E-state index contributed by atoms with van der Waals surface area (Å²) in [7, 11) is 0. The van der Waals surface area contributed by atoms with Crippen LogP contribution in [0.2, 0.25) is 5.02 Å². The molecule has 0 saturated carbocycles. The molecule has 0 spiro atoms. The number of hydrogen-bond acceptors (Lipinski definition) is 2. The van der Waals surface area contributed by atoms with Gasteiger partial charge in [-0.15, -0.1) is 0 Å². The first-order valence-corrected chi connectivity index (χ1v) is 7.21. The average molecular weight is 270 g/mol. The van der Waals surface area contributed by atoms with Gasteiger partial charge in [0.05, 0.1) is 11.6 Å². The Labute approximate surface area is 116 Å². The Morgan fingerprint density at radius 1 is 1.28 bits per heavy atom. The molecule has 0 aliphatic carbocycles. The molecule has 102 valence electrons. The first-order valence-electron chi connectivity index (χ1n) is 6.83. The molecule has 1 aromatic carbocycles. The average Bonchev–Trinajstić information content (AvgIpc) is 2.35. The van der Waals surface area contributed by atoms with E-state index in [2.05, 4.69) is 26.1 Å². The van der Waals surface area contributed by atoms with E-state index < -0.39 is 0 Å². The fourth-order valence-electron chi connectivity index (χ4n) is 1.83. The summed E-state index contributed by atoms with van der Waals surface area (Å²) in [6.07, 6.45) is 3.47. The van der Waals surface area contributed by atoms with Crippen LogP contribution in [0.3, 0.4) is 0 Å². The maximum atomic E-state index is 6.18. The topological polar surface area (TPSA) is 21.3 Å². The summed E-state index contributed by atoms with van der Waals surface area (Å²) in [5.41, 5.74) is 1.06. The smallest absolute Gasteiger partial charge is 0.138 e. The molecule has 0 bridgehead atoms. The summed E-state index contributed by atoms with van der Waals surface area (Å²) in [5, 5.41) is 4.09. The molecule has 3 heteroatoms. The highest BCUT2D eigenvalue weighted by Crippen LogP contribution is 2.28. The Morgan fingerprint density at radius 3 is 2.67 bits per heavy atom. The molecule has 1 atom stereocenters. The third-order valence-corrected chi connectivity index (χ3v) is 3.13. The Balaban J connectivity index is 2.50. The monoisotopic (exact) mass is 269 g/mol. The van der Waals surface area contributed by atoms with E-state index in [1.165, 1.54) is 12.8 Å². The third-order valence-electron chi connectivity index (χ3n) is 2.83. The Bertz CT molecular complexity index is 354. The lowest BCUT2D eigenvalue weighted by atomic mass is 10.1. The zero-order valence-electron chi connectivity index (χ0n) is 11.6. The van der Waals surface area contributed by atoms with Gasteiger partial charge in [0, 0.05) is 12.2 Å². The number of benzene rings is 1. The number of anilines is 1. The minimum absolute atomic E-state index is 0.677. The van der Waals surface area contributed by atoms with E-state index >= 15 is 0 Å². The van der Waals surface area contributed by atoms with Crippen molar-refractivity contribution in [2.75, 3.05) is 18.5 Å². The van der Waals surface area contributed by atoms with Crippen LogP contribution in [0.15, 0.2) is 18.2 Å². The Kier molecular flexibility index (Phi) is 6.96. The van der Waals surface area contributed by atoms with Crippen molar-refractivity contribution in [1.29, 1.82) is 0 Å². The maximum absolute atomic E-state index is 6.18. The van der Waals surface area contributed by atoms with Gasteiger partial charge in [0.25, 0.3) is 0 Å². The van der Waals surface area contributed by atoms with E-state index in [4.69, 9.17) is 16.3 Å². The van der Waals surface area contributed by atoms with Crippen molar-refractivity contribution in [3.05, 3.63) is 23.2 Å². The predicted octanol–water partition coefficient (Wildman–Crippen LogP) is 4.98. The van der Waals surface area contributed by atoms with Crippen LogP contribution >= 0.6 is 11.6 Å². The van der Waals surface area contributed by atoms with Crippen molar-refractivity contribution in [3.63, 3.8) is 0 Å². The number of hydrogen-bond donors (Lipinski definition) is 1. The molecule has 1 N–H and O–H groups in total. The van der Waals surface area contributed by atoms with E-state index in [9.17, 15) is 0 Å². The Morgan fingerprint density at radius 2 is 2.06 bits per heavy atom. The fourth-order valence-corrected chi connectivity index (χ4v) is 2.06. The number of nitrogens with one attached hydrogen (secondary N) is 1. The highest BCUT2D eigenvalue weighted by atomic mass is 35.5. The highest BCUT2D eigenvalue weighted by molar-refractivity contribution is 6.32. The molecule has 0 amide bonds. The zero-order chi connectivity index (χ0) is 13.4. The van der Waals surface area contributed by atoms with Crippen LogP contribution in [0.1, 0.15) is 40.0 Å². The van der Waals surface area contributed by atoms with Crippen molar-refractivity contribution >= 4 is 17.3 Å². The quantitative estimate of drug-likeness (QED) is 0.719. The predicted molar refractivity (Wildman–Crippen MR) is 79.8 cm³/mol. The zero-order valence-corrected chi connectivity index (χ0v) is 12.4. The largest absolute Gasteiger partial charge is 0.492 e. The lowest BCUT2D eigenvalue weighted by Crippen LogP contribution is -2.10. The SMILES string of the molecule is CCCOc1ccc(NCC(C)CCC)cc1Cl. The van der Waals surface area contributed by atoms with Crippen LogP contribution in [0, 0.1) is 5.92 Å². The van der Waals surface area contributed by atoms with Gasteiger partial charge in [-0.05, 0) is 37.0 Å². The van der Waals surface area contributed by atoms with E-state index in [0.717, 1.165) is 24.4 Å². The van der Waals surface area contributed by atoms with Crippen LogP contribution in [0.5, 0.6) is 5.75 Å². The minimum Gasteiger partial charge on any atom is -0.492 e. The number of ether oxygens (including phenoxy) is 1. The lowest BCUT2D eigenvalue weighted by molar-refractivity contribution is 0.317. The van der Waals surface area contributed by atoms with Gasteiger partial charge >= 0.3 is 0 Å². The van der Waals surface area contributed by atoms with E-state index in [1.54, 1.807) is 0 Å². The standard InChI is InChI=1S/C15H24ClNO/c1-4-6-12(3)11-17-13-7-8-15(14(16)10-13)18-9-5-2/h7-8,10,12,17H,4-6,9,11H2,1-3H3. The normalized spacial score (nSPS) is 12.2. The molecule has 0 aliphatic rings. The van der Waals surface area contributed by atoms with E-state index in [0.29, 0.717) is 17.5 Å². The van der Waals surface area contributed by atoms with Gasteiger partial charge in [0.15, 0.2) is 0 Å². The van der Waals surface area contributed by atoms with Crippen LogP contribution in [0.25, 0.3) is 0 Å². The third kappa shape index (κ3) is 5.18. The van der Waals surface area contributed by atoms with E-state index in [-0.39, 0.29) is 0 Å². The second-order valence-corrected chi connectivity index (χ2v) is 5.18. The molecule has 1 unspecified atom stereocenters. The molecule has 2 nitrogen and oxygen atoms in total. The first-order chi connectivity index (χ1) is 8.67. The van der Waals surface area contributed by atoms with Gasteiger partial charge in [-0.1, -0.05) is 38.8 Å². The van der Waals surface area contributed by atoms with Crippen LogP contribution in [-0.4, -0.2) is 13.2 Å². The summed E-state index contributed by atoms with van der Waals surface area (Å²) in [6.45, 7) is 8.25. The van der Waals surface area contributed by atoms with Gasteiger partial charge in [0.1, 0.15) is 5.75 Å². The minimum atomic E-state index is 0.677. The molecule has 0 radical (unpaired) electrons. The molecule has 1 aromatic rings. The van der Waals surface area contributed by atoms with Crippen LogP contribution in [-0.2, 0) is 0 Å². The molecule has 18 heavy (non-hydrogen) atoms. The lowest BCUT2D eigenvalue weighted by Gasteiger charge is -2.14. The van der Waals surface area contributed by atoms with Gasteiger partial charge in [-0.3, -0.25) is 0 Å². The summed E-state index contributed by atoms with van der Waals surface area (Å²) >= 11 is 6.18. The highest BCUT2D eigenvalue weighted by Gasteiger charge is 2.04. The van der Waals surface area contributed by atoms with Gasteiger partial charge < -0.3 is 10.1 Å². The van der Waals surface area contributed by atoms with Crippen molar-refractivity contribution < 1.29 is 4.74 Å². The maximum Gasteiger partial charge on any atom is 0.138 e. The molecule has 0 aliphatic heterocycles. The molecule has 0 fully saturated rings. The van der Waals surface area contributed by atoms with Crippen molar-refractivity contribution in [1.82, 2.24) is 0 Å². The van der Waals surface area contributed by atoms with Gasteiger partial charge in [-0.25, -0.2) is 0 Å². The summed E-state index contributed by atoms with van der Waals surface area (Å²) in [6, 6.07) is 5.89. The van der Waals surface area contributed by atoms with Crippen LogP contribution < -0.4 is 10.1 Å². The fraction of sp³-hybridized carbons (Fsp3) is 0.600. The summed E-state index contributed by atoms with van der Waals surface area (Å²) in [4.78, 5) is 0. The van der Waals surface area contributed by atoms with Crippen molar-refractivity contribution in [3.8, 4) is 5.75 Å². The molecular formula is C15H24ClNO. The molecule has 1 rings (SSSR count). The molecular weight excluding hydrogens is 246 g/mol. The number of halogens is 1. The van der Waals surface area contributed by atoms with Crippen molar-refractivity contribution in [2.24, 2.45) is 5.92 Å². The summed E-state index contributed by atoms with van der Waals surface area (Å²) < 4.78 is 5.55.